The number of nitrogens with two attached hydrogens (primary N) is 1. The summed E-state index contributed by atoms with van der Waals surface area (Å²) in [6, 6.07) is 8.96. The Morgan fingerprint density at radius 2 is 2.12 bits per heavy atom. The van der Waals surface area contributed by atoms with Crippen LogP contribution in [-0.2, 0) is 0 Å². The summed E-state index contributed by atoms with van der Waals surface area (Å²) >= 11 is 5.94. The molecule has 0 unspecified atom stereocenters. The van der Waals surface area contributed by atoms with E-state index in [0.29, 0.717) is 22.3 Å². The van der Waals surface area contributed by atoms with Crippen molar-refractivity contribution in [3.63, 3.8) is 0 Å². The van der Waals surface area contributed by atoms with Crippen molar-refractivity contribution in [2.75, 3.05) is 18.2 Å². The fraction of sp³-hybridized carbons (Fsp3) is 0.0833. The Kier molecular flexibility index (Phi) is 3.35. The number of rotatable bonds is 3. The normalized spacial score (nSPS) is 10.0. The summed E-state index contributed by atoms with van der Waals surface area (Å²) in [4.78, 5) is 3.99. The summed E-state index contributed by atoms with van der Waals surface area (Å²) in [5.41, 5.74) is 7.22. The maximum Gasteiger partial charge on any atom is 0.147 e. The van der Waals surface area contributed by atoms with Gasteiger partial charge in [-0.15, -0.1) is 0 Å². The van der Waals surface area contributed by atoms with E-state index < -0.39 is 0 Å². The fourth-order valence-corrected chi connectivity index (χ4v) is 1.62. The number of pyridine rings is 1. The highest BCUT2D eigenvalue weighted by Gasteiger charge is 2.06. The Bertz CT molecular complexity index is 531. The molecular weight excluding hydrogens is 238 g/mol. The van der Waals surface area contributed by atoms with Gasteiger partial charge in [0, 0.05) is 11.2 Å². The number of halogens is 1. The summed E-state index contributed by atoms with van der Waals surface area (Å²) in [5.74, 6) is 1.12. The molecule has 1 heterocycles. The minimum atomic E-state index is 0.425. The zero-order valence-electron chi connectivity index (χ0n) is 9.27. The van der Waals surface area contributed by atoms with Gasteiger partial charge in [0.25, 0.3) is 0 Å². The molecule has 0 bridgehead atoms. The first-order valence-corrected chi connectivity index (χ1v) is 5.39. The van der Waals surface area contributed by atoms with Crippen molar-refractivity contribution < 1.29 is 4.74 Å². The van der Waals surface area contributed by atoms with Crippen LogP contribution in [0.2, 0.25) is 5.02 Å². The smallest absolute Gasteiger partial charge is 0.147 e. The molecule has 1 aromatic heterocycles. The lowest BCUT2D eigenvalue weighted by Crippen LogP contribution is -1.99. The minimum Gasteiger partial charge on any atom is -0.495 e. The molecule has 0 atom stereocenters. The van der Waals surface area contributed by atoms with Gasteiger partial charge in [-0.2, -0.15) is 0 Å². The number of nitrogens with one attached hydrogen (secondary N) is 1. The molecule has 88 valence electrons. The Morgan fingerprint density at radius 1 is 1.29 bits per heavy atom. The van der Waals surface area contributed by atoms with Crippen LogP contribution in [0, 0.1) is 0 Å². The van der Waals surface area contributed by atoms with Gasteiger partial charge in [0.1, 0.15) is 11.6 Å². The average molecular weight is 250 g/mol. The number of methoxy groups -OCH3 is 1. The number of benzene rings is 1. The number of aromatic nitrogens is 1. The summed E-state index contributed by atoms with van der Waals surface area (Å²) < 4.78 is 5.23. The third-order valence-corrected chi connectivity index (χ3v) is 2.50. The molecule has 0 amide bonds. The summed E-state index contributed by atoms with van der Waals surface area (Å²) in [6.07, 6.45) is 1.63. The van der Waals surface area contributed by atoms with Gasteiger partial charge in [-0.25, -0.2) is 4.98 Å². The average Bonchev–Trinajstić information content (AvgIpc) is 2.32. The first-order valence-electron chi connectivity index (χ1n) is 5.02. The number of nitrogens with zero attached hydrogens (tertiary/aromatic N) is 1. The lowest BCUT2D eigenvalue weighted by atomic mass is 10.2. The SMILES string of the molecule is COc1ccc(Cl)cc1Nc1cccnc1N. The second-order valence-electron chi connectivity index (χ2n) is 3.41. The van der Waals surface area contributed by atoms with Crippen molar-refractivity contribution in [3.8, 4) is 5.75 Å². The molecule has 0 radical (unpaired) electrons. The van der Waals surface area contributed by atoms with Crippen LogP contribution in [0.1, 0.15) is 0 Å². The number of nitrogen functional groups attached to an aromatic ring is 1. The second-order valence-corrected chi connectivity index (χ2v) is 3.84. The van der Waals surface area contributed by atoms with Crippen molar-refractivity contribution in [1.82, 2.24) is 4.98 Å². The molecule has 0 saturated carbocycles. The van der Waals surface area contributed by atoms with E-state index in [1.807, 2.05) is 6.07 Å². The van der Waals surface area contributed by atoms with Crippen LogP contribution < -0.4 is 15.8 Å². The largest absolute Gasteiger partial charge is 0.495 e. The van der Waals surface area contributed by atoms with E-state index in [9.17, 15) is 0 Å². The number of hydrogen-bond donors (Lipinski definition) is 2. The first kappa shape index (κ1) is 11.5. The molecule has 0 aliphatic carbocycles. The molecule has 4 nitrogen and oxygen atoms in total. The maximum atomic E-state index is 5.94. The Morgan fingerprint density at radius 3 is 2.82 bits per heavy atom. The molecule has 0 saturated heterocycles. The summed E-state index contributed by atoms with van der Waals surface area (Å²) in [5, 5.41) is 3.76. The van der Waals surface area contributed by atoms with Gasteiger partial charge in [-0.1, -0.05) is 11.6 Å². The molecule has 0 aliphatic heterocycles. The number of anilines is 3. The number of hydrogen-bond acceptors (Lipinski definition) is 4. The molecule has 2 aromatic rings. The van der Waals surface area contributed by atoms with E-state index in [1.165, 1.54) is 0 Å². The van der Waals surface area contributed by atoms with Gasteiger partial charge in [-0.3, -0.25) is 0 Å². The van der Waals surface area contributed by atoms with Gasteiger partial charge in [0.05, 0.1) is 18.5 Å². The molecule has 2 rings (SSSR count). The topological polar surface area (TPSA) is 60.2 Å². The van der Waals surface area contributed by atoms with Crippen LogP contribution in [0.3, 0.4) is 0 Å². The van der Waals surface area contributed by atoms with E-state index in [2.05, 4.69) is 10.3 Å². The molecule has 0 aliphatic rings. The molecule has 0 fully saturated rings. The van der Waals surface area contributed by atoms with Crippen molar-refractivity contribution in [3.05, 3.63) is 41.6 Å². The third-order valence-electron chi connectivity index (χ3n) is 2.27. The van der Waals surface area contributed by atoms with Crippen molar-refractivity contribution >= 4 is 28.8 Å². The van der Waals surface area contributed by atoms with Crippen LogP contribution in [0.15, 0.2) is 36.5 Å². The van der Waals surface area contributed by atoms with Crippen molar-refractivity contribution in [2.24, 2.45) is 0 Å². The van der Waals surface area contributed by atoms with Crippen LogP contribution in [0.4, 0.5) is 17.2 Å². The fourth-order valence-electron chi connectivity index (χ4n) is 1.45. The highest BCUT2D eigenvalue weighted by molar-refractivity contribution is 6.31. The molecule has 5 heteroatoms. The first-order chi connectivity index (χ1) is 8.20. The van der Waals surface area contributed by atoms with Crippen molar-refractivity contribution in [2.45, 2.75) is 0 Å². The Hall–Kier alpha value is -1.94. The number of ether oxygens (including phenoxy) is 1. The zero-order valence-corrected chi connectivity index (χ0v) is 10.0. The standard InChI is InChI=1S/C12H12ClN3O/c1-17-11-5-4-8(13)7-10(11)16-9-3-2-6-15-12(9)14/h2-7,16H,1H3,(H2,14,15). The second kappa shape index (κ2) is 4.93. The minimum absolute atomic E-state index is 0.425. The Balaban J connectivity index is 2.35. The van der Waals surface area contributed by atoms with Gasteiger partial charge in [0.2, 0.25) is 0 Å². The summed E-state index contributed by atoms with van der Waals surface area (Å²) in [7, 11) is 1.60. The lowest BCUT2D eigenvalue weighted by Gasteiger charge is -2.12. The van der Waals surface area contributed by atoms with Crippen LogP contribution in [0.5, 0.6) is 5.75 Å². The quantitative estimate of drug-likeness (QED) is 0.878. The van der Waals surface area contributed by atoms with Crippen LogP contribution >= 0.6 is 11.6 Å². The molecule has 3 N–H and O–H groups in total. The van der Waals surface area contributed by atoms with E-state index in [-0.39, 0.29) is 0 Å². The highest BCUT2D eigenvalue weighted by Crippen LogP contribution is 2.31. The van der Waals surface area contributed by atoms with Crippen LogP contribution in [-0.4, -0.2) is 12.1 Å². The van der Waals surface area contributed by atoms with Gasteiger partial charge < -0.3 is 15.8 Å². The molecular formula is C12H12ClN3O. The lowest BCUT2D eigenvalue weighted by molar-refractivity contribution is 0.417. The van der Waals surface area contributed by atoms with Gasteiger partial charge in [-0.05, 0) is 30.3 Å². The molecule has 1 aromatic carbocycles. The molecule has 0 spiro atoms. The van der Waals surface area contributed by atoms with E-state index in [0.717, 1.165) is 5.69 Å². The Labute approximate surface area is 104 Å². The van der Waals surface area contributed by atoms with E-state index >= 15 is 0 Å². The third kappa shape index (κ3) is 2.60. The zero-order chi connectivity index (χ0) is 12.3. The monoisotopic (exact) mass is 249 g/mol. The van der Waals surface area contributed by atoms with Crippen LogP contribution in [0.25, 0.3) is 0 Å². The predicted molar refractivity (Wildman–Crippen MR) is 69.9 cm³/mol. The summed E-state index contributed by atoms with van der Waals surface area (Å²) in [6.45, 7) is 0. The van der Waals surface area contributed by atoms with E-state index in [4.69, 9.17) is 22.1 Å². The van der Waals surface area contributed by atoms with E-state index in [1.54, 1.807) is 37.6 Å². The molecule has 17 heavy (non-hydrogen) atoms. The van der Waals surface area contributed by atoms with Gasteiger partial charge >= 0.3 is 0 Å². The predicted octanol–water partition coefficient (Wildman–Crippen LogP) is 3.07. The maximum absolute atomic E-state index is 5.94. The highest BCUT2D eigenvalue weighted by atomic mass is 35.5. The van der Waals surface area contributed by atoms with Gasteiger partial charge in [0.15, 0.2) is 0 Å². The van der Waals surface area contributed by atoms with Crippen molar-refractivity contribution in [1.29, 1.82) is 0 Å².